The molecule has 144 valence electrons. The monoisotopic (exact) mass is 399 g/mol. The highest BCUT2D eigenvalue weighted by atomic mass is 35.5. The molecule has 8 nitrogen and oxygen atoms in total. The third-order valence-corrected chi connectivity index (χ3v) is 4.28. The molecule has 9 heteroatoms. The number of rotatable bonds is 7. The first kappa shape index (κ1) is 19.5. The molecule has 1 atom stereocenters. The number of hydrogen-bond acceptors (Lipinski definition) is 6. The van der Waals surface area contributed by atoms with Gasteiger partial charge in [-0.3, -0.25) is 4.79 Å². The summed E-state index contributed by atoms with van der Waals surface area (Å²) in [5.74, 6) is -1.07. The highest BCUT2D eigenvalue weighted by Gasteiger charge is 2.24. The average Bonchev–Trinajstić information content (AvgIpc) is 3.22. The third-order valence-electron chi connectivity index (χ3n) is 4.05. The lowest BCUT2D eigenvalue weighted by Crippen LogP contribution is -2.28. The van der Waals surface area contributed by atoms with E-state index < -0.39 is 24.5 Å². The molecule has 3 aromatic rings. The number of benzene rings is 2. The lowest BCUT2D eigenvalue weighted by Gasteiger charge is -2.16. The second-order valence-electron chi connectivity index (χ2n) is 6.11. The standard InChI is InChI=1S/C19H18ClN5O3/c1-13-7-8-15(20)10-16(13)22-18(26)11-28-19(27)17(25-12-21-23-24-25)9-14-5-3-2-4-6-14/h2-8,10,12,17H,9,11H2,1H3,(H,22,26)/t17-/m1/s1. The van der Waals surface area contributed by atoms with Crippen LogP contribution in [0.5, 0.6) is 0 Å². The number of halogens is 1. The van der Waals surface area contributed by atoms with E-state index in [1.807, 2.05) is 37.3 Å². The second-order valence-corrected chi connectivity index (χ2v) is 6.55. The summed E-state index contributed by atoms with van der Waals surface area (Å²) in [7, 11) is 0. The Morgan fingerprint density at radius 1 is 1.21 bits per heavy atom. The first-order valence-electron chi connectivity index (χ1n) is 8.52. The molecule has 0 aliphatic rings. The topological polar surface area (TPSA) is 99.0 Å². The minimum absolute atomic E-state index is 0.333. The highest BCUT2D eigenvalue weighted by Crippen LogP contribution is 2.20. The normalized spacial score (nSPS) is 11.6. The number of carbonyl (C=O) groups excluding carboxylic acids is 2. The van der Waals surface area contributed by atoms with Gasteiger partial charge >= 0.3 is 5.97 Å². The summed E-state index contributed by atoms with van der Waals surface area (Å²) in [6.45, 7) is 1.41. The summed E-state index contributed by atoms with van der Waals surface area (Å²) in [5.41, 5.74) is 2.33. The predicted molar refractivity (Wildman–Crippen MR) is 103 cm³/mol. The Labute approximate surface area is 166 Å². The number of aromatic nitrogens is 4. The number of nitrogens with one attached hydrogen (secondary N) is 1. The number of aryl methyl sites for hydroxylation is 1. The van der Waals surface area contributed by atoms with Crippen LogP contribution in [0, 0.1) is 6.92 Å². The van der Waals surface area contributed by atoms with Crippen LogP contribution in [0.1, 0.15) is 17.2 Å². The highest BCUT2D eigenvalue weighted by molar-refractivity contribution is 6.31. The molecule has 0 bridgehead atoms. The fourth-order valence-electron chi connectivity index (χ4n) is 2.58. The molecule has 0 aliphatic carbocycles. The fraction of sp³-hybridized carbons (Fsp3) is 0.211. The van der Waals surface area contributed by atoms with Gasteiger partial charge in [0.25, 0.3) is 5.91 Å². The van der Waals surface area contributed by atoms with Crippen molar-refractivity contribution in [3.05, 3.63) is 71.0 Å². The van der Waals surface area contributed by atoms with E-state index in [1.54, 1.807) is 18.2 Å². The van der Waals surface area contributed by atoms with E-state index in [0.717, 1.165) is 11.1 Å². The molecule has 28 heavy (non-hydrogen) atoms. The minimum Gasteiger partial charge on any atom is -0.454 e. The van der Waals surface area contributed by atoms with E-state index in [2.05, 4.69) is 20.8 Å². The molecular weight excluding hydrogens is 382 g/mol. The zero-order chi connectivity index (χ0) is 19.9. The zero-order valence-corrected chi connectivity index (χ0v) is 15.8. The Kier molecular flexibility index (Phi) is 6.33. The molecule has 0 saturated carbocycles. The van der Waals surface area contributed by atoms with Crippen molar-refractivity contribution in [1.29, 1.82) is 0 Å². The number of hydrogen-bond donors (Lipinski definition) is 1. The molecule has 1 amide bonds. The van der Waals surface area contributed by atoms with Crippen LogP contribution in [-0.4, -0.2) is 38.7 Å². The van der Waals surface area contributed by atoms with Gasteiger partial charge < -0.3 is 10.1 Å². The quantitative estimate of drug-likeness (QED) is 0.613. The lowest BCUT2D eigenvalue weighted by molar-refractivity contribution is -0.151. The number of amides is 1. The second kappa shape index (κ2) is 9.09. The molecule has 0 unspecified atom stereocenters. The summed E-state index contributed by atoms with van der Waals surface area (Å²) in [4.78, 5) is 24.8. The van der Waals surface area contributed by atoms with Gasteiger partial charge in [-0.25, -0.2) is 9.48 Å². The molecule has 0 radical (unpaired) electrons. The molecule has 1 N–H and O–H groups in total. The van der Waals surface area contributed by atoms with Crippen molar-refractivity contribution in [3.8, 4) is 0 Å². The van der Waals surface area contributed by atoms with Crippen LogP contribution in [0.2, 0.25) is 5.02 Å². The third kappa shape index (κ3) is 5.14. The van der Waals surface area contributed by atoms with Crippen molar-refractivity contribution in [3.63, 3.8) is 0 Å². The maximum Gasteiger partial charge on any atom is 0.331 e. The van der Waals surface area contributed by atoms with Crippen molar-refractivity contribution >= 4 is 29.2 Å². The molecule has 0 saturated heterocycles. The van der Waals surface area contributed by atoms with E-state index in [-0.39, 0.29) is 0 Å². The summed E-state index contributed by atoms with van der Waals surface area (Å²) < 4.78 is 6.52. The van der Waals surface area contributed by atoms with Gasteiger partial charge in [-0.2, -0.15) is 0 Å². The van der Waals surface area contributed by atoms with E-state index in [1.165, 1.54) is 11.0 Å². The van der Waals surface area contributed by atoms with Crippen LogP contribution >= 0.6 is 11.6 Å². The maximum atomic E-state index is 12.6. The lowest BCUT2D eigenvalue weighted by atomic mass is 10.1. The van der Waals surface area contributed by atoms with Crippen LogP contribution in [0.15, 0.2) is 54.9 Å². The summed E-state index contributed by atoms with van der Waals surface area (Å²) >= 11 is 5.95. The van der Waals surface area contributed by atoms with Crippen LogP contribution < -0.4 is 5.32 Å². The Morgan fingerprint density at radius 2 is 2.00 bits per heavy atom. The van der Waals surface area contributed by atoms with Crippen LogP contribution in [-0.2, 0) is 20.7 Å². The molecule has 3 rings (SSSR count). The molecule has 0 fully saturated rings. The first-order chi connectivity index (χ1) is 13.5. The Bertz CT molecular complexity index is 947. The van der Waals surface area contributed by atoms with Gasteiger partial charge in [0, 0.05) is 17.1 Å². The van der Waals surface area contributed by atoms with Gasteiger partial charge in [0.15, 0.2) is 12.6 Å². The summed E-state index contributed by atoms with van der Waals surface area (Å²) in [5, 5.41) is 14.1. The van der Waals surface area contributed by atoms with Gasteiger partial charge in [-0.15, -0.1) is 5.10 Å². The average molecular weight is 400 g/mol. The molecule has 0 aliphatic heterocycles. The molecule has 1 heterocycles. The van der Waals surface area contributed by atoms with Gasteiger partial charge in [0.2, 0.25) is 0 Å². The Balaban J connectivity index is 1.63. The SMILES string of the molecule is Cc1ccc(Cl)cc1NC(=O)COC(=O)[C@@H](Cc1ccccc1)n1cnnn1. The fourth-order valence-corrected chi connectivity index (χ4v) is 2.75. The van der Waals surface area contributed by atoms with Crippen molar-refractivity contribution < 1.29 is 14.3 Å². The summed E-state index contributed by atoms with van der Waals surface area (Å²) in [6, 6.07) is 13.8. The molecule has 1 aromatic heterocycles. The van der Waals surface area contributed by atoms with Crippen LogP contribution in [0.4, 0.5) is 5.69 Å². The minimum atomic E-state index is -0.780. The number of nitrogens with zero attached hydrogens (tertiary/aromatic N) is 4. The van der Waals surface area contributed by atoms with Crippen molar-refractivity contribution in [2.24, 2.45) is 0 Å². The summed E-state index contributed by atoms with van der Waals surface area (Å²) in [6.07, 6.45) is 1.67. The van der Waals surface area contributed by atoms with Gasteiger partial charge in [0.05, 0.1) is 0 Å². The van der Waals surface area contributed by atoms with Crippen molar-refractivity contribution in [1.82, 2.24) is 20.2 Å². The Hall–Kier alpha value is -3.26. The zero-order valence-electron chi connectivity index (χ0n) is 15.1. The van der Waals surface area contributed by atoms with E-state index in [0.29, 0.717) is 17.1 Å². The van der Waals surface area contributed by atoms with Crippen LogP contribution in [0.25, 0.3) is 0 Å². The van der Waals surface area contributed by atoms with E-state index in [4.69, 9.17) is 16.3 Å². The number of esters is 1. The molecule has 0 spiro atoms. The molecular formula is C19H18ClN5O3. The number of anilines is 1. The Morgan fingerprint density at radius 3 is 2.71 bits per heavy atom. The van der Waals surface area contributed by atoms with Gasteiger partial charge in [-0.05, 0) is 40.6 Å². The van der Waals surface area contributed by atoms with Gasteiger partial charge in [-0.1, -0.05) is 48.0 Å². The van der Waals surface area contributed by atoms with Crippen molar-refractivity contribution in [2.75, 3.05) is 11.9 Å². The number of tetrazole rings is 1. The first-order valence-corrected chi connectivity index (χ1v) is 8.90. The number of ether oxygens (including phenoxy) is 1. The number of carbonyl (C=O) groups is 2. The predicted octanol–water partition coefficient (Wildman–Crippen LogP) is 2.60. The maximum absolute atomic E-state index is 12.6. The van der Waals surface area contributed by atoms with Gasteiger partial charge in [0.1, 0.15) is 6.33 Å². The smallest absolute Gasteiger partial charge is 0.331 e. The largest absolute Gasteiger partial charge is 0.454 e. The molecule has 2 aromatic carbocycles. The van der Waals surface area contributed by atoms with Crippen molar-refractivity contribution in [2.45, 2.75) is 19.4 Å². The van der Waals surface area contributed by atoms with Crippen LogP contribution in [0.3, 0.4) is 0 Å². The van der Waals surface area contributed by atoms with E-state index in [9.17, 15) is 9.59 Å². The van der Waals surface area contributed by atoms with E-state index >= 15 is 0 Å².